The zero-order valence-corrected chi connectivity index (χ0v) is 19.3. The molecule has 4 aromatic rings. The molecule has 176 valence electrons. The summed E-state index contributed by atoms with van der Waals surface area (Å²) < 4.78 is 13.1. The van der Waals surface area contributed by atoms with E-state index in [1.165, 1.54) is 0 Å². The van der Waals surface area contributed by atoms with Gasteiger partial charge in [-0.05, 0) is 37.5 Å². The Labute approximate surface area is 196 Å². The van der Waals surface area contributed by atoms with Crippen molar-refractivity contribution in [2.75, 3.05) is 13.2 Å². The first-order valence-electron chi connectivity index (χ1n) is 11.0. The topological polar surface area (TPSA) is 128 Å². The molecular formula is C24H26N6O4. The monoisotopic (exact) mass is 462 g/mol. The summed E-state index contributed by atoms with van der Waals surface area (Å²) >= 11 is 0. The predicted molar refractivity (Wildman–Crippen MR) is 125 cm³/mol. The Balaban J connectivity index is 1.54. The van der Waals surface area contributed by atoms with Gasteiger partial charge >= 0.3 is 6.09 Å². The van der Waals surface area contributed by atoms with Gasteiger partial charge in [-0.2, -0.15) is 10.1 Å². The Morgan fingerprint density at radius 1 is 1.21 bits per heavy atom. The van der Waals surface area contributed by atoms with Crippen LogP contribution >= 0.6 is 0 Å². The molecule has 0 aliphatic carbocycles. The van der Waals surface area contributed by atoms with Crippen LogP contribution in [-0.2, 0) is 13.5 Å². The fourth-order valence-electron chi connectivity index (χ4n) is 3.55. The van der Waals surface area contributed by atoms with Crippen molar-refractivity contribution < 1.29 is 19.2 Å². The van der Waals surface area contributed by atoms with E-state index in [2.05, 4.69) is 25.5 Å². The lowest BCUT2D eigenvalue weighted by atomic mass is 10.1. The highest BCUT2D eigenvalue weighted by atomic mass is 16.5. The van der Waals surface area contributed by atoms with Gasteiger partial charge in [0.1, 0.15) is 0 Å². The third-order valence-corrected chi connectivity index (χ3v) is 5.30. The molecule has 0 aliphatic rings. The highest BCUT2D eigenvalue weighted by Gasteiger charge is 2.19. The summed E-state index contributed by atoms with van der Waals surface area (Å²) in [7, 11) is 1.88. The minimum absolute atomic E-state index is 0.318. The summed E-state index contributed by atoms with van der Waals surface area (Å²) in [6.07, 6.45) is 0.198. The number of aromatic nitrogens is 5. The van der Waals surface area contributed by atoms with Crippen molar-refractivity contribution in [2.45, 2.75) is 26.7 Å². The van der Waals surface area contributed by atoms with Crippen molar-refractivity contribution in [1.29, 1.82) is 0 Å². The average Bonchev–Trinajstić information content (AvgIpc) is 3.46. The molecule has 3 heterocycles. The van der Waals surface area contributed by atoms with E-state index >= 15 is 0 Å². The van der Waals surface area contributed by atoms with Crippen molar-refractivity contribution in [2.24, 2.45) is 7.05 Å². The van der Waals surface area contributed by atoms with Crippen LogP contribution in [0.2, 0.25) is 0 Å². The zero-order valence-electron chi connectivity index (χ0n) is 19.3. The third-order valence-electron chi connectivity index (χ3n) is 5.30. The van der Waals surface area contributed by atoms with Gasteiger partial charge in [0.15, 0.2) is 5.69 Å². The second-order valence-corrected chi connectivity index (χ2v) is 7.70. The number of nitrogens with zero attached hydrogens (tertiary/aromatic N) is 5. The quantitative estimate of drug-likeness (QED) is 0.356. The maximum atomic E-state index is 10.5. The average molecular weight is 463 g/mol. The van der Waals surface area contributed by atoms with Crippen molar-refractivity contribution in [1.82, 2.24) is 30.2 Å². The number of carbonyl (C=O) groups is 1. The van der Waals surface area contributed by atoms with Gasteiger partial charge in [-0.15, -0.1) is 0 Å². The number of aryl methyl sites for hydroxylation is 3. The van der Waals surface area contributed by atoms with Crippen LogP contribution in [0.3, 0.4) is 0 Å². The first-order valence-corrected chi connectivity index (χ1v) is 11.0. The lowest BCUT2D eigenvalue weighted by Crippen LogP contribution is -2.23. The van der Waals surface area contributed by atoms with E-state index in [9.17, 15) is 4.79 Å². The highest BCUT2D eigenvalue weighted by Crippen LogP contribution is 2.29. The molecule has 0 spiro atoms. The van der Waals surface area contributed by atoms with Gasteiger partial charge in [-0.3, -0.25) is 4.68 Å². The lowest BCUT2D eigenvalue weighted by Gasteiger charge is -2.12. The fraction of sp³-hybridized carbons (Fsp3) is 0.292. The minimum atomic E-state index is -1.05. The number of hydrogen-bond donors (Lipinski definition) is 2. The predicted octanol–water partition coefficient (Wildman–Crippen LogP) is 4.11. The van der Waals surface area contributed by atoms with Crippen molar-refractivity contribution in [3.8, 4) is 40.1 Å². The zero-order chi connectivity index (χ0) is 24.1. The molecule has 0 saturated heterocycles. The summed E-state index contributed by atoms with van der Waals surface area (Å²) in [4.78, 5) is 19.7. The van der Waals surface area contributed by atoms with Gasteiger partial charge in [0.05, 0.1) is 18.0 Å². The largest absolute Gasteiger partial charge is 0.477 e. The molecule has 0 bridgehead atoms. The summed E-state index contributed by atoms with van der Waals surface area (Å²) in [5.41, 5.74) is 4.95. The van der Waals surface area contributed by atoms with E-state index in [0.29, 0.717) is 55.0 Å². The van der Waals surface area contributed by atoms with Crippen LogP contribution in [0, 0.1) is 6.92 Å². The smallest absolute Gasteiger partial charge is 0.404 e. The lowest BCUT2D eigenvalue weighted by molar-refractivity contribution is 0.193. The molecule has 0 fully saturated rings. The van der Waals surface area contributed by atoms with Crippen molar-refractivity contribution in [3.05, 3.63) is 53.7 Å². The van der Waals surface area contributed by atoms with E-state index < -0.39 is 6.09 Å². The second kappa shape index (κ2) is 10.2. The third kappa shape index (κ3) is 5.06. The molecule has 0 aliphatic heterocycles. The van der Waals surface area contributed by atoms with Crippen LogP contribution in [0.5, 0.6) is 5.88 Å². The van der Waals surface area contributed by atoms with Crippen LogP contribution in [0.15, 0.2) is 47.0 Å². The van der Waals surface area contributed by atoms with Gasteiger partial charge in [-0.25, -0.2) is 9.78 Å². The Morgan fingerprint density at radius 2 is 2.00 bits per heavy atom. The minimum Gasteiger partial charge on any atom is -0.477 e. The first-order chi connectivity index (χ1) is 16.5. The van der Waals surface area contributed by atoms with Crippen LogP contribution in [0.4, 0.5) is 4.79 Å². The van der Waals surface area contributed by atoms with E-state index in [0.717, 1.165) is 22.4 Å². The summed E-state index contributed by atoms with van der Waals surface area (Å²) in [6, 6.07) is 13.9. The van der Waals surface area contributed by atoms with Crippen LogP contribution < -0.4 is 10.1 Å². The molecule has 2 N–H and O–H groups in total. The van der Waals surface area contributed by atoms with Gasteiger partial charge < -0.3 is 19.7 Å². The van der Waals surface area contributed by atoms with Crippen LogP contribution in [0.25, 0.3) is 34.2 Å². The Hall–Kier alpha value is -4.21. The van der Waals surface area contributed by atoms with Gasteiger partial charge in [-0.1, -0.05) is 42.4 Å². The van der Waals surface area contributed by atoms with Gasteiger partial charge in [0.2, 0.25) is 11.7 Å². The number of carboxylic acid groups (broad SMARTS) is 1. The molecular weight excluding hydrogens is 436 g/mol. The molecule has 10 heteroatoms. The molecule has 1 amide bonds. The normalized spacial score (nSPS) is 10.9. The molecule has 4 rings (SSSR count). The number of pyridine rings is 1. The molecule has 0 saturated carbocycles. The van der Waals surface area contributed by atoms with E-state index in [1.54, 1.807) is 4.68 Å². The molecule has 0 radical (unpaired) electrons. The van der Waals surface area contributed by atoms with Crippen LogP contribution in [0.1, 0.15) is 24.6 Å². The standard InChI is InChI=1S/C24H26N6O4/c1-4-16-13-18(15(2)26-22(16)33-12-8-11-25-24(31)32)21-27-23(34-29-21)19-14-20(30(3)28-19)17-9-6-5-7-10-17/h5-7,9-10,13-14,25H,4,8,11-12H2,1-3H3,(H,31,32). The van der Waals surface area contributed by atoms with Crippen molar-refractivity contribution >= 4 is 6.09 Å². The second-order valence-electron chi connectivity index (χ2n) is 7.70. The number of amides is 1. The Kier molecular flexibility index (Phi) is 6.86. The van der Waals surface area contributed by atoms with E-state index in [-0.39, 0.29) is 0 Å². The first kappa shape index (κ1) is 23.0. The van der Waals surface area contributed by atoms with Gasteiger partial charge in [0.25, 0.3) is 5.89 Å². The van der Waals surface area contributed by atoms with Crippen molar-refractivity contribution in [3.63, 3.8) is 0 Å². The SMILES string of the molecule is CCc1cc(-c2noc(-c3cc(-c4ccccc4)n(C)n3)n2)c(C)nc1OCCCNC(=O)O. The number of ether oxygens (including phenoxy) is 1. The maximum Gasteiger partial charge on any atom is 0.404 e. The summed E-state index contributed by atoms with van der Waals surface area (Å²) in [5.74, 6) is 1.29. The highest BCUT2D eigenvalue weighted by molar-refractivity contribution is 5.67. The molecule has 0 unspecified atom stereocenters. The number of benzene rings is 1. The number of rotatable bonds is 9. The molecule has 0 atom stereocenters. The summed E-state index contributed by atoms with van der Waals surface area (Å²) in [5, 5.41) is 19.7. The molecule has 3 aromatic heterocycles. The Bertz CT molecular complexity index is 1280. The van der Waals surface area contributed by atoms with Crippen LogP contribution in [-0.4, -0.2) is 49.3 Å². The summed E-state index contributed by atoms with van der Waals surface area (Å²) in [6.45, 7) is 4.54. The van der Waals surface area contributed by atoms with Gasteiger partial charge in [0, 0.05) is 24.7 Å². The maximum absolute atomic E-state index is 10.5. The van der Waals surface area contributed by atoms with E-state index in [1.807, 2.05) is 63.4 Å². The number of nitrogens with one attached hydrogen (secondary N) is 1. The molecule has 34 heavy (non-hydrogen) atoms. The Morgan fingerprint density at radius 3 is 2.74 bits per heavy atom. The molecule has 10 nitrogen and oxygen atoms in total. The fourth-order valence-corrected chi connectivity index (χ4v) is 3.55. The number of hydrogen-bond acceptors (Lipinski definition) is 7. The van der Waals surface area contributed by atoms with E-state index in [4.69, 9.17) is 14.4 Å². The molecule has 1 aromatic carbocycles.